The molecule has 132 valence electrons. The fourth-order valence-electron chi connectivity index (χ4n) is 2.09. The van der Waals surface area contributed by atoms with Crippen LogP contribution in [0, 0.1) is 25.2 Å². The highest BCUT2D eigenvalue weighted by molar-refractivity contribution is 5.55. The van der Waals surface area contributed by atoms with Crippen molar-refractivity contribution >= 4 is 5.82 Å². The summed E-state index contributed by atoms with van der Waals surface area (Å²) in [5.41, 5.74) is 3.47. The molecular formula is C17H17F3N4O. The molecule has 2 rings (SSSR count). The first-order chi connectivity index (χ1) is 11.8. The molecule has 0 fully saturated rings. The molecule has 0 saturated heterocycles. The molecule has 0 aliphatic heterocycles. The minimum absolute atomic E-state index is 0.103. The van der Waals surface area contributed by atoms with Gasteiger partial charge in [-0.1, -0.05) is 24.3 Å². The van der Waals surface area contributed by atoms with E-state index >= 15 is 0 Å². The van der Waals surface area contributed by atoms with Crippen LogP contribution in [-0.4, -0.2) is 23.0 Å². The highest BCUT2D eigenvalue weighted by atomic mass is 19.4. The molecule has 0 saturated carbocycles. The molecule has 0 spiro atoms. The molecule has 0 amide bonds. The first-order valence-corrected chi connectivity index (χ1v) is 7.50. The summed E-state index contributed by atoms with van der Waals surface area (Å²) in [5, 5.41) is 20.3. The Labute approximate surface area is 143 Å². The Kier molecular flexibility index (Phi) is 5.93. The number of anilines is 1. The fourth-order valence-corrected chi connectivity index (χ4v) is 2.09. The zero-order valence-corrected chi connectivity index (χ0v) is 13.8. The Bertz CT molecular complexity index is 767. The van der Waals surface area contributed by atoms with Crippen LogP contribution in [0.2, 0.25) is 0 Å². The fraction of sp³-hybridized carbons (Fsp3) is 0.353. The van der Waals surface area contributed by atoms with Gasteiger partial charge in [0.2, 0.25) is 0 Å². The van der Waals surface area contributed by atoms with Crippen molar-refractivity contribution in [1.82, 2.24) is 10.2 Å². The maximum atomic E-state index is 12.0. The Morgan fingerprint density at radius 1 is 1.12 bits per heavy atom. The lowest BCUT2D eigenvalue weighted by molar-refractivity contribution is -0.176. The van der Waals surface area contributed by atoms with Gasteiger partial charge in [0.15, 0.2) is 5.82 Å². The number of alkyl halides is 3. The van der Waals surface area contributed by atoms with Gasteiger partial charge in [-0.15, -0.1) is 5.10 Å². The van der Waals surface area contributed by atoms with Gasteiger partial charge in [0, 0.05) is 6.54 Å². The molecule has 0 bridgehead atoms. The van der Waals surface area contributed by atoms with E-state index in [1.165, 1.54) is 0 Å². The van der Waals surface area contributed by atoms with E-state index in [2.05, 4.69) is 26.3 Å². The zero-order chi connectivity index (χ0) is 18.4. The number of nitrogens with zero attached hydrogens (tertiary/aromatic N) is 3. The topological polar surface area (TPSA) is 70.8 Å². The van der Waals surface area contributed by atoms with E-state index in [0.29, 0.717) is 29.2 Å². The van der Waals surface area contributed by atoms with Crippen LogP contribution in [0.4, 0.5) is 19.0 Å². The second-order valence-electron chi connectivity index (χ2n) is 5.52. The molecule has 0 radical (unpaired) electrons. The maximum absolute atomic E-state index is 12.0. The number of nitrogens with one attached hydrogen (secondary N) is 1. The smallest absolute Gasteiger partial charge is 0.367 e. The molecule has 0 atom stereocenters. The van der Waals surface area contributed by atoms with Gasteiger partial charge in [0.1, 0.15) is 18.2 Å². The van der Waals surface area contributed by atoms with Gasteiger partial charge in [0.05, 0.1) is 12.3 Å². The monoisotopic (exact) mass is 350 g/mol. The Morgan fingerprint density at radius 2 is 1.76 bits per heavy atom. The van der Waals surface area contributed by atoms with Crippen LogP contribution in [0.15, 0.2) is 24.3 Å². The summed E-state index contributed by atoms with van der Waals surface area (Å²) >= 11 is 0. The minimum atomic E-state index is -4.32. The second kappa shape index (κ2) is 7.94. The van der Waals surface area contributed by atoms with Crippen LogP contribution < -0.4 is 5.32 Å². The lowest BCUT2D eigenvalue weighted by Gasteiger charge is -2.10. The van der Waals surface area contributed by atoms with E-state index in [9.17, 15) is 18.4 Å². The zero-order valence-electron chi connectivity index (χ0n) is 13.8. The molecule has 1 N–H and O–H groups in total. The summed E-state index contributed by atoms with van der Waals surface area (Å²) in [6, 6.07) is 9.07. The SMILES string of the molecule is Cc1nnc(NCc2ccc(COCC(F)(F)F)cc2)c(C#N)c1C. The Balaban J connectivity index is 1.94. The van der Waals surface area contributed by atoms with Crippen LogP contribution in [0.25, 0.3) is 0 Å². The summed E-state index contributed by atoms with van der Waals surface area (Å²) in [7, 11) is 0. The molecular weight excluding hydrogens is 333 g/mol. The highest BCUT2D eigenvalue weighted by Crippen LogP contribution is 2.18. The average Bonchev–Trinajstić information content (AvgIpc) is 2.56. The average molecular weight is 350 g/mol. The number of rotatable bonds is 6. The first kappa shape index (κ1) is 18.7. The van der Waals surface area contributed by atoms with Gasteiger partial charge >= 0.3 is 6.18 Å². The van der Waals surface area contributed by atoms with Crippen molar-refractivity contribution in [3.63, 3.8) is 0 Å². The van der Waals surface area contributed by atoms with Crippen molar-refractivity contribution in [3.8, 4) is 6.07 Å². The number of aryl methyl sites for hydroxylation is 1. The van der Waals surface area contributed by atoms with Crippen LogP contribution in [0.3, 0.4) is 0 Å². The molecule has 0 unspecified atom stereocenters. The third-order valence-electron chi connectivity index (χ3n) is 3.58. The molecule has 0 aliphatic rings. The molecule has 2 aromatic rings. The van der Waals surface area contributed by atoms with Crippen molar-refractivity contribution < 1.29 is 17.9 Å². The predicted molar refractivity (Wildman–Crippen MR) is 85.7 cm³/mol. The Morgan fingerprint density at radius 3 is 2.36 bits per heavy atom. The standard InChI is InChI=1S/C17H17F3N4O/c1-11-12(2)23-24-16(15(11)7-21)22-8-13-3-5-14(6-4-13)9-25-10-17(18,19)20/h3-6H,8-10H2,1-2H3,(H,22,24). The van der Waals surface area contributed by atoms with Gasteiger partial charge in [-0.3, -0.25) is 0 Å². The molecule has 1 aromatic heterocycles. The lowest BCUT2D eigenvalue weighted by atomic mass is 10.1. The molecule has 1 aromatic carbocycles. The molecule has 1 heterocycles. The molecule has 25 heavy (non-hydrogen) atoms. The quantitative estimate of drug-likeness (QED) is 0.861. The van der Waals surface area contributed by atoms with Gasteiger partial charge in [-0.25, -0.2) is 0 Å². The van der Waals surface area contributed by atoms with Crippen molar-refractivity contribution in [1.29, 1.82) is 5.26 Å². The third kappa shape index (κ3) is 5.43. The molecule has 5 nitrogen and oxygen atoms in total. The molecule has 8 heteroatoms. The van der Waals surface area contributed by atoms with Crippen LogP contribution in [0.1, 0.15) is 27.9 Å². The van der Waals surface area contributed by atoms with Crippen LogP contribution >= 0.6 is 0 Å². The summed E-state index contributed by atoms with van der Waals surface area (Å²) in [6.07, 6.45) is -4.32. The van der Waals surface area contributed by atoms with E-state index in [1.807, 2.05) is 6.92 Å². The third-order valence-corrected chi connectivity index (χ3v) is 3.58. The number of halogens is 3. The van der Waals surface area contributed by atoms with E-state index in [1.54, 1.807) is 31.2 Å². The summed E-state index contributed by atoms with van der Waals surface area (Å²) in [5.74, 6) is 0.406. The van der Waals surface area contributed by atoms with Crippen molar-refractivity contribution in [2.75, 3.05) is 11.9 Å². The summed E-state index contributed by atoms with van der Waals surface area (Å²) < 4.78 is 40.7. The largest absolute Gasteiger partial charge is 0.411 e. The highest BCUT2D eigenvalue weighted by Gasteiger charge is 2.27. The Hall–Kier alpha value is -2.66. The number of hydrogen-bond acceptors (Lipinski definition) is 5. The van der Waals surface area contributed by atoms with Crippen molar-refractivity contribution in [2.45, 2.75) is 33.2 Å². The van der Waals surface area contributed by atoms with Gasteiger partial charge in [-0.05, 0) is 30.5 Å². The van der Waals surface area contributed by atoms with E-state index < -0.39 is 12.8 Å². The first-order valence-electron chi connectivity index (χ1n) is 7.50. The summed E-state index contributed by atoms with van der Waals surface area (Å²) in [6.45, 7) is 2.64. The van der Waals surface area contributed by atoms with Crippen LogP contribution in [0.5, 0.6) is 0 Å². The van der Waals surface area contributed by atoms with Gasteiger partial charge in [-0.2, -0.15) is 23.5 Å². The number of aromatic nitrogens is 2. The predicted octanol–water partition coefficient (Wildman–Crippen LogP) is 3.66. The van der Waals surface area contributed by atoms with E-state index in [0.717, 1.165) is 11.1 Å². The number of hydrogen-bond donors (Lipinski definition) is 1. The number of nitriles is 1. The van der Waals surface area contributed by atoms with Gasteiger partial charge in [0.25, 0.3) is 0 Å². The normalized spacial score (nSPS) is 11.2. The maximum Gasteiger partial charge on any atom is 0.411 e. The minimum Gasteiger partial charge on any atom is -0.367 e. The van der Waals surface area contributed by atoms with E-state index in [4.69, 9.17) is 0 Å². The van der Waals surface area contributed by atoms with Crippen LogP contribution in [-0.2, 0) is 17.9 Å². The van der Waals surface area contributed by atoms with E-state index in [-0.39, 0.29) is 6.61 Å². The van der Waals surface area contributed by atoms with Crippen molar-refractivity contribution in [3.05, 3.63) is 52.2 Å². The lowest BCUT2D eigenvalue weighted by Crippen LogP contribution is -2.16. The summed E-state index contributed by atoms with van der Waals surface area (Å²) in [4.78, 5) is 0. The van der Waals surface area contributed by atoms with Gasteiger partial charge < -0.3 is 10.1 Å². The number of ether oxygens (including phenoxy) is 1. The van der Waals surface area contributed by atoms with Crippen molar-refractivity contribution in [2.24, 2.45) is 0 Å². The second-order valence-corrected chi connectivity index (χ2v) is 5.52. The number of benzene rings is 1. The molecule has 0 aliphatic carbocycles.